The molecular formula is C11H14ClNO4S. The lowest BCUT2D eigenvalue weighted by molar-refractivity contribution is -0.138. The van der Waals surface area contributed by atoms with Crippen molar-refractivity contribution in [2.24, 2.45) is 0 Å². The van der Waals surface area contributed by atoms with Crippen molar-refractivity contribution < 1.29 is 18.3 Å². The molecule has 0 aliphatic carbocycles. The van der Waals surface area contributed by atoms with Crippen LogP contribution in [0.2, 0.25) is 5.02 Å². The molecule has 0 unspecified atom stereocenters. The molecule has 1 N–H and O–H groups in total. The van der Waals surface area contributed by atoms with Crippen LogP contribution in [0.15, 0.2) is 24.3 Å². The lowest BCUT2D eigenvalue weighted by Gasteiger charge is -2.28. The van der Waals surface area contributed by atoms with Crippen molar-refractivity contribution in [3.8, 4) is 0 Å². The van der Waals surface area contributed by atoms with E-state index in [2.05, 4.69) is 0 Å². The highest BCUT2D eigenvalue weighted by Gasteiger charge is 2.31. The van der Waals surface area contributed by atoms with Gasteiger partial charge in [-0.1, -0.05) is 24.6 Å². The molecule has 18 heavy (non-hydrogen) atoms. The predicted octanol–water partition coefficient (Wildman–Crippen LogP) is 1.97. The van der Waals surface area contributed by atoms with Gasteiger partial charge >= 0.3 is 5.97 Å². The summed E-state index contributed by atoms with van der Waals surface area (Å²) >= 11 is 5.80. The standard InChI is InChI=1S/C11H14ClNO4S/c1-3-10(11(14)15)13(18(2,16)17)9-6-4-5-8(12)7-9/h4-7,10H,3H2,1-2H3,(H,14,15)/t10-/m1/s1. The first-order valence-electron chi connectivity index (χ1n) is 5.25. The number of halogens is 1. The zero-order valence-corrected chi connectivity index (χ0v) is 11.6. The third-order valence-electron chi connectivity index (χ3n) is 2.37. The molecule has 1 rings (SSSR count). The van der Waals surface area contributed by atoms with Gasteiger partial charge in [0.2, 0.25) is 10.0 Å². The Labute approximate surface area is 111 Å². The molecule has 0 bridgehead atoms. The van der Waals surface area contributed by atoms with E-state index >= 15 is 0 Å². The molecule has 0 spiro atoms. The maximum absolute atomic E-state index is 11.8. The molecule has 0 heterocycles. The number of sulfonamides is 1. The normalized spacial score (nSPS) is 13.1. The highest BCUT2D eigenvalue weighted by Crippen LogP contribution is 2.25. The van der Waals surface area contributed by atoms with Gasteiger partial charge in [-0.3, -0.25) is 4.31 Å². The zero-order valence-electron chi connectivity index (χ0n) is 10.00. The summed E-state index contributed by atoms with van der Waals surface area (Å²) in [5.41, 5.74) is 0.249. The van der Waals surface area contributed by atoms with Gasteiger partial charge in [0.15, 0.2) is 0 Å². The van der Waals surface area contributed by atoms with Crippen molar-refractivity contribution in [3.63, 3.8) is 0 Å². The number of hydrogen-bond acceptors (Lipinski definition) is 3. The van der Waals surface area contributed by atoms with Gasteiger partial charge in [0, 0.05) is 5.02 Å². The van der Waals surface area contributed by atoms with Gasteiger partial charge in [-0.25, -0.2) is 13.2 Å². The molecule has 0 radical (unpaired) electrons. The monoisotopic (exact) mass is 291 g/mol. The summed E-state index contributed by atoms with van der Waals surface area (Å²) in [7, 11) is -3.70. The number of hydrogen-bond donors (Lipinski definition) is 1. The summed E-state index contributed by atoms with van der Waals surface area (Å²) in [6.45, 7) is 1.61. The summed E-state index contributed by atoms with van der Waals surface area (Å²) in [4.78, 5) is 11.1. The molecule has 100 valence electrons. The van der Waals surface area contributed by atoms with Crippen molar-refractivity contribution >= 4 is 33.3 Å². The van der Waals surface area contributed by atoms with E-state index < -0.39 is 22.0 Å². The van der Waals surface area contributed by atoms with E-state index in [1.165, 1.54) is 12.1 Å². The molecule has 0 amide bonds. The molecule has 5 nitrogen and oxygen atoms in total. The molecule has 1 aromatic carbocycles. The molecule has 0 fully saturated rings. The van der Waals surface area contributed by atoms with Crippen molar-refractivity contribution in [1.29, 1.82) is 0 Å². The lowest BCUT2D eigenvalue weighted by atomic mass is 10.2. The van der Waals surface area contributed by atoms with Crippen LogP contribution >= 0.6 is 11.6 Å². The number of carboxylic acids is 1. The minimum Gasteiger partial charge on any atom is -0.480 e. The van der Waals surface area contributed by atoms with Crippen molar-refractivity contribution in [3.05, 3.63) is 29.3 Å². The molecule has 0 saturated heterocycles. The maximum atomic E-state index is 11.8. The molecule has 7 heteroatoms. The minimum atomic E-state index is -3.70. The highest BCUT2D eigenvalue weighted by molar-refractivity contribution is 7.92. The SMILES string of the molecule is CC[C@H](C(=O)O)N(c1cccc(Cl)c1)S(C)(=O)=O. The number of benzene rings is 1. The number of aliphatic carboxylic acids is 1. The fourth-order valence-corrected chi connectivity index (χ4v) is 3.04. The summed E-state index contributed by atoms with van der Waals surface area (Å²) < 4.78 is 24.4. The second-order valence-corrected chi connectivity index (χ2v) is 6.10. The summed E-state index contributed by atoms with van der Waals surface area (Å²) in [5, 5.41) is 9.45. The average Bonchev–Trinajstić information content (AvgIpc) is 2.23. The third-order valence-corrected chi connectivity index (χ3v) is 3.79. The van der Waals surface area contributed by atoms with E-state index in [4.69, 9.17) is 16.7 Å². The fourth-order valence-electron chi connectivity index (χ4n) is 1.66. The average molecular weight is 292 g/mol. The van der Waals surface area contributed by atoms with Gasteiger partial charge in [0.1, 0.15) is 6.04 Å². The van der Waals surface area contributed by atoms with Crippen LogP contribution in [0.4, 0.5) is 5.69 Å². The van der Waals surface area contributed by atoms with Crippen LogP contribution in [0.5, 0.6) is 0 Å². The first-order valence-corrected chi connectivity index (χ1v) is 7.47. The summed E-state index contributed by atoms with van der Waals surface area (Å²) in [6, 6.07) is 4.96. The molecule has 0 saturated carbocycles. The van der Waals surface area contributed by atoms with Crippen molar-refractivity contribution in [2.45, 2.75) is 19.4 Å². The van der Waals surface area contributed by atoms with E-state index in [0.717, 1.165) is 10.6 Å². The van der Waals surface area contributed by atoms with Gasteiger partial charge < -0.3 is 5.11 Å². The van der Waals surface area contributed by atoms with Crippen LogP contribution in [0, 0.1) is 0 Å². The van der Waals surface area contributed by atoms with Crippen molar-refractivity contribution in [2.75, 3.05) is 10.6 Å². The molecule has 0 aromatic heterocycles. The van der Waals surface area contributed by atoms with E-state index in [9.17, 15) is 13.2 Å². The number of rotatable bonds is 5. The summed E-state index contributed by atoms with van der Waals surface area (Å²) in [6.07, 6.45) is 1.13. The molecule has 1 aromatic rings. The van der Waals surface area contributed by atoms with E-state index in [-0.39, 0.29) is 12.1 Å². The number of carbonyl (C=O) groups is 1. The van der Waals surface area contributed by atoms with Crippen LogP contribution in [0.3, 0.4) is 0 Å². The number of nitrogens with zero attached hydrogens (tertiary/aromatic N) is 1. The lowest BCUT2D eigenvalue weighted by Crippen LogP contribution is -2.44. The smallest absolute Gasteiger partial charge is 0.327 e. The van der Waals surface area contributed by atoms with E-state index in [0.29, 0.717) is 5.02 Å². The number of anilines is 1. The van der Waals surface area contributed by atoms with E-state index in [1.807, 2.05) is 0 Å². The molecule has 0 aliphatic rings. The van der Waals surface area contributed by atoms with Crippen LogP contribution in [0.1, 0.15) is 13.3 Å². The molecule has 1 atom stereocenters. The Morgan fingerprint density at radius 3 is 2.50 bits per heavy atom. The first kappa shape index (κ1) is 14.8. The van der Waals surface area contributed by atoms with Gasteiger partial charge in [-0.15, -0.1) is 0 Å². The van der Waals surface area contributed by atoms with Gasteiger partial charge in [0.25, 0.3) is 0 Å². The second-order valence-electron chi connectivity index (χ2n) is 3.80. The Bertz CT molecular complexity index is 544. The Kier molecular flexibility index (Phi) is 4.59. The Hall–Kier alpha value is -1.27. The first-order chi connectivity index (χ1) is 8.27. The minimum absolute atomic E-state index is 0.162. The fraction of sp³-hybridized carbons (Fsp3) is 0.364. The largest absolute Gasteiger partial charge is 0.480 e. The molecular weight excluding hydrogens is 278 g/mol. The zero-order chi connectivity index (χ0) is 13.9. The van der Waals surface area contributed by atoms with Gasteiger partial charge in [-0.05, 0) is 24.6 Å². The predicted molar refractivity (Wildman–Crippen MR) is 70.5 cm³/mol. The Morgan fingerprint density at radius 1 is 1.50 bits per heavy atom. The van der Waals surface area contributed by atoms with Crippen molar-refractivity contribution in [1.82, 2.24) is 0 Å². The van der Waals surface area contributed by atoms with Crippen LogP contribution in [0.25, 0.3) is 0 Å². The van der Waals surface area contributed by atoms with Crippen LogP contribution < -0.4 is 4.31 Å². The number of carboxylic acid groups (broad SMARTS) is 1. The third kappa shape index (κ3) is 3.36. The van der Waals surface area contributed by atoms with Gasteiger partial charge in [0.05, 0.1) is 11.9 Å². The summed E-state index contributed by atoms with van der Waals surface area (Å²) in [5.74, 6) is -1.19. The Balaban J connectivity index is 3.35. The van der Waals surface area contributed by atoms with Crippen LogP contribution in [-0.4, -0.2) is 31.8 Å². The quantitative estimate of drug-likeness (QED) is 0.900. The second kappa shape index (κ2) is 5.58. The van der Waals surface area contributed by atoms with E-state index in [1.54, 1.807) is 19.1 Å². The van der Waals surface area contributed by atoms with Gasteiger partial charge in [-0.2, -0.15) is 0 Å². The molecule has 0 aliphatic heterocycles. The highest BCUT2D eigenvalue weighted by atomic mass is 35.5. The Morgan fingerprint density at radius 2 is 2.11 bits per heavy atom. The topological polar surface area (TPSA) is 74.7 Å². The maximum Gasteiger partial charge on any atom is 0.327 e. The van der Waals surface area contributed by atoms with Crippen LogP contribution in [-0.2, 0) is 14.8 Å².